The molecule has 0 unspecified atom stereocenters. The van der Waals surface area contributed by atoms with E-state index >= 15 is 0 Å². The minimum Gasteiger partial charge on any atom is -0.506 e. The van der Waals surface area contributed by atoms with Gasteiger partial charge in [0.25, 0.3) is 11.9 Å². The molecule has 11 aromatic rings. The number of fused-ring (bicyclic) bond motifs is 5. The Bertz CT molecular complexity index is 4820. The van der Waals surface area contributed by atoms with Crippen LogP contribution in [0.2, 0.25) is 20.1 Å². The van der Waals surface area contributed by atoms with Crippen molar-refractivity contribution >= 4 is 196 Å². The molecular weight excluding hydrogens is 1690 g/mol. The number of carboxylic acid groups (broad SMARTS) is 4. The molecule has 1 heterocycles. The molecule has 0 saturated carbocycles. The number of aromatic hydroxyl groups is 1. The fourth-order valence-corrected chi connectivity index (χ4v) is 11.7. The van der Waals surface area contributed by atoms with Gasteiger partial charge < -0.3 is 59.3 Å². The van der Waals surface area contributed by atoms with E-state index in [-0.39, 0.29) is 71.3 Å². The largest absolute Gasteiger partial charge is 0.506 e. The number of amides is 1. The van der Waals surface area contributed by atoms with Gasteiger partial charge in [-0.2, -0.15) is 0 Å². The number of phenols is 1. The van der Waals surface area contributed by atoms with Crippen LogP contribution >= 0.6 is 89.6 Å². The summed E-state index contributed by atoms with van der Waals surface area (Å²) in [6, 6.07) is 51.4. The number of carboxylic acids is 4. The molecule has 0 bridgehead atoms. The van der Waals surface area contributed by atoms with Gasteiger partial charge in [0.05, 0.1) is 68.3 Å². The summed E-state index contributed by atoms with van der Waals surface area (Å²) in [6.45, 7) is 5.32. The molecule has 106 heavy (non-hydrogen) atoms. The van der Waals surface area contributed by atoms with Gasteiger partial charge in [0.2, 0.25) is 5.91 Å². The summed E-state index contributed by atoms with van der Waals surface area (Å²) in [5.41, 5.74) is 2.94. The second-order valence-corrected chi connectivity index (χ2v) is 25.3. The van der Waals surface area contributed by atoms with Crippen LogP contribution in [0.3, 0.4) is 0 Å². The first-order valence-corrected chi connectivity index (χ1v) is 34.2. The first kappa shape index (κ1) is 94.8. The monoisotopic (exact) mass is 1770 g/mol. The summed E-state index contributed by atoms with van der Waals surface area (Å²) in [5.74, 6) is -1.61. The molecule has 0 aliphatic heterocycles. The predicted octanol–water partition coefficient (Wildman–Crippen LogP) is 21.4. The van der Waals surface area contributed by atoms with Crippen LogP contribution in [0.5, 0.6) is 28.7 Å². The zero-order valence-corrected chi connectivity index (χ0v) is 65.5. The Morgan fingerprint density at radius 3 is 1.35 bits per heavy atom. The van der Waals surface area contributed by atoms with Crippen LogP contribution in [-0.2, 0) is 71.5 Å². The normalized spacial score (nSPS) is 9.79. The molecule has 11 rings (SSSR count). The van der Waals surface area contributed by atoms with Crippen LogP contribution in [0, 0.1) is 0 Å². The summed E-state index contributed by atoms with van der Waals surface area (Å²) in [6.07, 6.45) is 5.59. The SMILES string of the molecule is C.C.C=CC(=O)OC.CC(=O)O.CC(=O)O.COC(=O)/C=C/c1ccc2c(Cl)c(OC)ccc2c1.COc1ccc2cc(Br)ccc2c1.COc1ccc2cc(Br)ccc2c1Cl.COc1ccc2cc(CCC(=O)O)ccc2c1Cl.O=C(CCc1ccc2c(Cl)c(O)ccc2c1)Nc1sccc1C(=O)O.[Pd]. The van der Waals surface area contributed by atoms with E-state index in [0.717, 1.165) is 94.4 Å². The molecule has 1 amide bonds. The van der Waals surface area contributed by atoms with Gasteiger partial charge in [0, 0.05) is 89.8 Å². The van der Waals surface area contributed by atoms with Gasteiger partial charge in [0.1, 0.15) is 33.7 Å². The van der Waals surface area contributed by atoms with Gasteiger partial charge in [0.15, 0.2) is 0 Å². The van der Waals surface area contributed by atoms with Crippen molar-refractivity contribution in [3.8, 4) is 28.7 Å². The second kappa shape index (κ2) is 48.8. The second-order valence-electron chi connectivity index (χ2n) is 21.0. The third-order valence-electron chi connectivity index (χ3n) is 13.9. The molecule has 0 aliphatic carbocycles. The topological polar surface area (TPSA) is 288 Å². The number of esters is 2. The Morgan fingerprint density at radius 2 is 0.896 bits per heavy atom. The van der Waals surface area contributed by atoms with Crippen molar-refractivity contribution < 1.29 is 108 Å². The maximum atomic E-state index is 12.1. The van der Waals surface area contributed by atoms with Gasteiger partial charge in [-0.15, -0.1) is 11.3 Å². The van der Waals surface area contributed by atoms with Crippen LogP contribution in [0.4, 0.5) is 5.00 Å². The fraction of sp³-hybridized carbons (Fsp3) is 0.177. The Labute approximate surface area is 669 Å². The molecule has 566 valence electrons. The van der Waals surface area contributed by atoms with Crippen LogP contribution in [-0.4, -0.2) is 110 Å². The van der Waals surface area contributed by atoms with Gasteiger partial charge >= 0.3 is 23.9 Å². The summed E-state index contributed by atoms with van der Waals surface area (Å²) in [7, 11) is 9.11. The minimum atomic E-state index is -1.06. The van der Waals surface area contributed by atoms with E-state index in [9.17, 15) is 29.1 Å². The molecule has 0 spiro atoms. The van der Waals surface area contributed by atoms with Crippen molar-refractivity contribution in [1.29, 1.82) is 0 Å². The van der Waals surface area contributed by atoms with Crippen molar-refractivity contribution in [2.45, 2.75) is 54.4 Å². The van der Waals surface area contributed by atoms with E-state index in [1.807, 2.05) is 127 Å². The molecule has 19 nitrogen and oxygen atoms in total. The molecule has 0 aliphatic rings. The summed E-state index contributed by atoms with van der Waals surface area (Å²) in [5, 5.41) is 58.9. The predicted molar refractivity (Wildman–Crippen MR) is 431 cm³/mol. The number of rotatable bonds is 15. The Morgan fingerprint density at radius 1 is 0.491 bits per heavy atom. The van der Waals surface area contributed by atoms with Crippen molar-refractivity contribution in [2.75, 3.05) is 48.0 Å². The summed E-state index contributed by atoms with van der Waals surface area (Å²) < 4.78 is 31.4. The van der Waals surface area contributed by atoms with E-state index in [0.29, 0.717) is 55.2 Å². The minimum absolute atomic E-state index is 0. The number of ether oxygens (including phenoxy) is 6. The number of hydrogen-bond acceptors (Lipinski definition) is 15. The van der Waals surface area contributed by atoms with E-state index < -0.39 is 29.8 Å². The van der Waals surface area contributed by atoms with Crippen molar-refractivity contribution in [3.63, 3.8) is 0 Å². The zero-order valence-electron chi connectivity index (χ0n) is 57.0. The van der Waals surface area contributed by atoms with Gasteiger partial charge in [-0.1, -0.05) is 191 Å². The summed E-state index contributed by atoms with van der Waals surface area (Å²) >= 11 is 32.7. The van der Waals surface area contributed by atoms with Gasteiger partial charge in [-0.3, -0.25) is 19.2 Å². The van der Waals surface area contributed by atoms with E-state index in [2.05, 4.69) is 71.4 Å². The smallest absolute Gasteiger partial charge is 0.338 e. The molecule has 1 aromatic heterocycles. The molecule has 10 aromatic carbocycles. The molecular formula is C79H79Br2Cl4NO18PdS. The quantitative estimate of drug-likeness (QED) is 0.0316. The van der Waals surface area contributed by atoms with Crippen LogP contribution in [0.1, 0.15) is 68.6 Å². The Balaban J connectivity index is 0.000000637. The van der Waals surface area contributed by atoms with Crippen LogP contribution < -0.4 is 24.3 Å². The van der Waals surface area contributed by atoms with Crippen LogP contribution in [0.15, 0.2) is 197 Å². The molecule has 0 radical (unpaired) electrons. The number of aryl methyl sites for hydroxylation is 2. The maximum absolute atomic E-state index is 12.1. The van der Waals surface area contributed by atoms with Crippen LogP contribution in [0.25, 0.3) is 59.9 Å². The standard InChI is InChI=1S/C18H14ClNO4S.C15H13ClO3.C14H13ClO3.C11H8BrClO.C11H9BrO.C4H6O2.2C2H4O2.2CH4.Pd/c19-16-12-4-1-10(9-11(12)3-5-14(16)21)2-6-15(22)20-17-13(18(23)24)7-8-25-17;1-18-13-7-5-11-9-10(4-8-14(17)19-2)3-6-12(11)15(13)16;1-18-12-6-4-10-8-9(3-7-13(16)17)2-5-11(10)14(12)15;1-14-10-5-2-7-6-8(12)3-4-9(7)11(10)13;1-13-11-5-3-8-6-10(12)4-2-9(8)7-11;1-3-4(5)6-2;2*1-2(3)4;;;/h1,3-5,7-9,21H,2,6H2,(H,20,22)(H,23,24);3-9H,1-2H3;2,4-6,8H,3,7H2,1H3,(H,16,17);2-6H,1H3;2-7H,1H3;3H,1H2,2H3;2*1H3,(H,3,4);2*1H4;/b;8-4+;;;;;;;;;. The first-order chi connectivity index (χ1) is 49.0. The van der Waals surface area contributed by atoms with Crippen molar-refractivity contribution in [2.24, 2.45) is 0 Å². The number of carbonyl (C=O) groups is 7. The number of hydrogen-bond donors (Lipinski definition) is 6. The first-order valence-electron chi connectivity index (χ1n) is 30.3. The molecule has 6 N–H and O–H groups in total. The van der Waals surface area contributed by atoms with Gasteiger partial charge in [-0.05, 0) is 146 Å². The number of anilines is 1. The number of carbonyl (C=O) groups excluding carboxylic acids is 3. The number of aliphatic carboxylic acids is 3. The number of aromatic carboxylic acids is 1. The number of benzene rings is 10. The zero-order chi connectivity index (χ0) is 76.5. The van der Waals surface area contributed by atoms with Crippen molar-refractivity contribution in [1.82, 2.24) is 0 Å². The average Bonchev–Trinajstić information content (AvgIpc) is 1.21. The number of halogens is 6. The average molecular weight is 1770 g/mol. The molecule has 0 atom stereocenters. The third-order valence-corrected chi connectivity index (χ3v) is 17.3. The molecule has 27 heteroatoms. The number of thiophene rings is 1. The third kappa shape index (κ3) is 31.1. The Hall–Kier alpha value is -9.25. The number of nitrogens with one attached hydrogen (secondary N) is 1. The van der Waals surface area contributed by atoms with E-state index in [1.165, 1.54) is 54.5 Å². The summed E-state index contributed by atoms with van der Waals surface area (Å²) in [4.78, 5) is 72.5. The number of phenolic OH excluding ortho intramolecular Hbond substituents is 1. The number of methoxy groups -OCH3 is 6. The fourth-order valence-electron chi connectivity index (χ4n) is 8.98. The van der Waals surface area contributed by atoms with E-state index in [1.54, 1.807) is 46.0 Å². The Kier molecular flexibility index (Phi) is 43.6. The maximum Gasteiger partial charge on any atom is 0.338 e. The van der Waals surface area contributed by atoms with Gasteiger partial charge in [-0.25, -0.2) is 14.4 Å². The van der Waals surface area contributed by atoms with Crippen molar-refractivity contribution in [3.05, 3.63) is 239 Å². The molecule has 0 fully saturated rings. The molecule has 0 saturated heterocycles. The van der Waals surface area contributed by atoms with E-state index in [4.69, 9.17) is 95.4 Å².